The maximum absolute atomic E-state index is 12.6. The van der Waals surface area contributed by atoms with Gasteiger partial charge >= 0.3 is 11.9 Å². The van der Waals surface area contributed by atoms with E-state index in [1.807, 2.05) is 6.07 Å². The van der Waals surface area contributed by atoms with Crippen molar-refractivity contribution in [3.8, 4) is 0 Å². The van der Waals surface area contributed by atoms with E-state index in [2.05, 4.69) is 76.2 Å². The van der Waals surface area contributed by atoms with Gasteiger partial charge in [-0.15, -0.1) is 23.7 Å². The number of nitrogens with one attached hydrogen (secondary N) is 1. The van der Waals surface area contributed by atoms with Gasteiger partial charge in [-0.2, -0.15) is 0 Å². The quantitative estimate of drug-likeness (QED) is 0.284. The minimum absolute atomic E-state index is 0. The predicted molar refractivity (Wildman–Crippen MR) is 186 cm³/mol. The number of carboxylic acids is 2. The van der Waals surface area contributed by atoms with Crippen LogP contribution in [0.3, 0.4) is 0 Å². The second-order valence-corrected chi connectivity index (χ2v) is 12.5. The number of rotatable bonds is 3. The summed E-state index contributed by atoms with van der Waals surface area (Å²) in [5.74, 6) is -0.486. The van der Waals surface area contributed by atoms with E-state index >= 15 is 0 Å². The fourth-order valence-electron chi connectivity index (χ4n) is 6.39. The predicted octanol–water partition coefficient (Wildman–Crippen LogP) is 6.26. The van der Waals surface area contributed by atoms with Crippen molar-refractivity contribution < 1.29 is 24.6 Å². The van der Waals surface area contributed by atoms with Crippen LogP contribution in [-0.4, -0.2) is 71.9 Å². The number of piperidine rings is 1. The number of hydrogen-bond donors (Lipinski definition) is 3. The van der Waals surface area contributed by atoms with Gasteiger partial charge in [0.1, 0.15) is 5.84 Å². The van der Waals surface area contributed by atoms with Crippen LogP contribution in [0.5, 0.6) is 0 Å². The number of likely N-dealkylation sites (tertiary alicyclic amines) is 1. The topological polar surface area (TPSA) is 119 Å². The summed E-state index contributed by atoms with van der Waals surface area (Å²) in [6.45, 7) is 4.19. The number of fused-ring (bicyclic) bond motifs is 3. The molecule has 3 N–H and O–H groups in total. The third-order valence-corrected chi connectivity index (χ3v) is 9.49. The van der Waals surface area contributed by atoms with Gasteiger partial charge in [0, 0.05) is 49.7 Å². The molecule has 2 aliphatic carbocycles. The maximum Gasteiger partial charge on any atom is 0.328 e. The molecule has 10 heteroatoms. The number of aryl methyl sites for hydroxylation is 1. The number of Topliss-reactive ketones (excluding diaryl/α,β-unsaturated/α-hetero) is 1. The minimum atomic E-state index is -1.26. The number of aliphatic carboxylic acids is 2. The third kappa shape index (κ3) is 8.60. The van der Waals surface area contributed by atoms with Crippen molar-refractivity contribution in [2.75, 3.05) is 33.2 Å². The zero-order valence-corrected chi connectivity index (χ0v) is 27.5. The van der Waals surface area contributed by atoms with Gasteiger partial charge in [0.2, 0.25) is 0 Å². The van der Waals surface area contributed by atoms with E-state index < -0.39 is 11.9 Å². The zero-order chi connectivity index (χ0) is 31.8. The van der Waals surface area contributed by atoms with Crippen LogP contribution in [0.15, 0.2) is 82.7 Å². The lowest BCUT2D eigenvalue weighted by atomic mass is 9.82. The molecule has 3 aromatic rings. The van der Waals surface area contributed by atoms with Gasteiger partial charge < -0.3 is 20.4 Å². The third-order valence-electron chi connectivity index (χ3n) is 8.54. The lowest BCUT2D eigenvalue weighted by Gasteiger charge is -2.27. The normalized spacial score (nSPS) is 18.6. The molecule has 2 aliphatic heterocycles. The first-order chi connectivity index (χ1) is 21.8. The van der Waals surface area contributed by atoms with Crippen molar-refractivity contribution in [3.05, 3.63) is 110 Å². The Hall–Kier alpha value is -4.05. The Labute approximate surface area is 280 Å². The summed E-state index contributed by atoms with van der Waals surface area (Å²) in [4.78, 5) is 39.6. The van der Waals surface area contributed by atoms with Crippen LogP contribution in [0, 0.1) is 0 Å². The fraction of sp³-hybridized carbons (Fsp3) is 0.333. The number of carbonyl (C=O) groups excluding carboxylic acids is 1. The first-order valence-electron chi connectivity index (χ1n) is 15.4. The van der Waals surface area contributed by atoms with Crippen LogP contribution >= 0.6 is 23.7 Å². The van der Waals surface area contributed by atoms with Gasteiger partial charge in [0.05, 0.1) is 11.4 Å². The number of nitrogens with zero attached hydrogens (tertiary/aromatic N) is 2. The average Bonchev–Trinajstić information content (AvgIpc) is 3.74. The molecule has 1 atom stereocenters. The van der Waals surface area contributed by atoms with Gasteiger partial charge in [-0.3, -0.25) is 9.79 Å². The number of amidine groups is 1. The van der Waals surface area contributed by atoms with Gasteiger partial charge in [-0.05, 0) is 78.4 Å². The Kier molecular flexibility index (Phi) is 12.5. The Morgan fingerprint density at radius 1 is 0.935 bits per heavy atom. The minimum Gasteiger partial charge on any atom is -0.478 e. The van der Waals surface area contributed by atoms with E-state index in [9.17, 15) is 14.4 Å². The Balaban J connectivity index is 0.000000174. The van der Waals surface area contributed by atoms with Crippen molar-refractivity contribution in [1.29, 1.82) is 0 Å². The highest BCUT2D eigenvalue weighted by atomic mass is 35.5. The van der Waals surface area contributed by atoms with Gasteiger partial charge in [-0.1, -0.05) is 54.1 Å². The Morgan fingerprint density at radius 2 is 1.61 bits per heavy atom. The first-order valence-corrected chi connectivity index (χ1v) is 16.3. The number of aliphatic imine (C=N–C) groups is 1. The van der Waals surface area contributed by atoms with E-state index in [0.29, 0.717) is 24.5 Å². The molecule has 8 nitrogen and oxygen atoms in total. The number of ketones is 1. The molecule has 46 heavy (non-hydrogen) atoms. The van der Waals surface area contributed by atoms with E-state index in [4.69, 9.17) is 10.2 Å². The number of halogens is 1. The van der Waals surface area contributed by atoms with Gasteiger partial charge in [-0.25, -0.2) is 9.59 Å². The summed E-state index contributed by atoms with van der Waals surface area (Å²) in [6, 6.07) is 19.4. The fourth-order valence-corrected chi connectivity index (χ4v) is 7.23. The Bertz CT molecular complexity index is 1630. The number of thiophene rings is 1. The number of benzene rings is 2. The van der Waals surface area contributed by atoms with E-state index in [-0.39, 0.29) is 18.2 Å². The van der Waals surface area contributed by atoms with Crippen molar-refractivity contribution >= 4 is 52.9 Å². The van der Waals surface area contributed by atoms with Crippen molar-refractivity contribution in [1.82, 2.24) is 10.2 Å². The smallest absolute Gasteiger partial charge is 0.328 e. The van der Waals surface area contributed by atoms with Crippen molar-refractivity contribution in [2.45, 2.75) is 44.4 Å². The zero-order valence-electron chi connectivity index (χ0n) is 25.9. The van der Waals surface area contributed by atoms with Crippen LogP contribution in [0.4, 0.5) is 0 Å². The lowest BCUT2D eigenvalue weighted by Crippen LogP contribution is -2.28. The van der Waals surface area contributed by atoms with Crippen LogP contribution in [-0.2, 0) is 22.4 Å². The van der Waals surface area contributed by atoms with E-state index in [1.165, 1.54) is 64.1 Å². The molecule has 2 aromatic carbocycles. The molecule has 242 valence electrons. The molecule has 1 unspecified atom stereocenters. The summed E-state index contributed by atoms with van der Waals surface area (Å²) in [6.07, 6.45) is 7.63. The van der Waals surface area contributed by atoms with Crippen molar-refractivity contribution in [3.63, 3.8) is 0 Å². The number of carbonyl (C=O) groups is 3. The van der Waals surface area contributed by atoms with Crippen LogP contribution in [0.2, 0.25) is 0 Å². The molecule has 7 rings (SSSR count). The number of carboxylic acid groups (broad SMARTS) is 2. The average molecular weight is 662 g/mol. The van der Waals surface area contributed by atoms with Crippen LogP contribution in [0.1, 0.15) is 69.1 Å². The summed E-state index contributed by atoms with van der Waals surface area (Å²) in [7, 11) is 2.18. The van der Waals surface area contributed by atoms with E-state index in [0.717, 1.165) is 43.9 Å². The van der Waals surface area contributed by atoms with Crippen LogP contribution in [0.25, 0.3) is 5.57 Å². The van der Waals surface area contributed by atoms with E-state index in [1.54, 1.807) is 11.3 Å². The molecule has 1 saturated heterocycles. The molecule has 4 aliphatic rings. The summed E-state index contributed by atoms with van der Waals surface area (Å²) < 4.78 is 0. The highest BCUT2D eigenvalue weighted by Crippen LogP contribution is 2.40. The molecular weight excluding hydrogens is 622 g/mol. The number of hydrogen-bond acceptors (Lipinski definition) is 7. The molecule has 0 radical (unpaired) electrons. The summed E-state index contributed by atoms with van der Waals surface area (Å²) in [5.41, 5.74) is 9.48. The highest BCUT2D eigenvalue weighted by Gasteiger charge is 2.28. The highest BCUT2D eigenvalue weighted by molar-refractivity contribution is 7.12. The molecule has 1 aromatic heterocycles. The monoisotopic (exact) mass is 661 g/mol. The molecule has 0 bridgehead atoms. The second kappa shape index (κ2) is 16.5. The SMILES string of the molecule is CN1CCC(=C2c3ccccc3CC(=O)c3sccc32)CC1.Cl.O=C(O)/C=C/C(=O)O.c1ccc2c(c1)CCCC2C1=NCCN1. The van der Waals surface area contributed by atoms with Gasteiger partial charge in [0.25, 0.3) is 0 Å². The van der Waals surface area contributed by atoms with Crippen molar-refractivity contribution in [2.24, 2.45) is 4.99 Å². The van der Waals surface area contributed by atoms with Crippen LogP contribution < -0.4 is 5.32 Å². The standard InChI is InChI=1S/C19H19NOS.C13H16N2.C4H4O4.ClH/c1-20-9-6-13(7-10-20)18-15-5-3-2-4-14(15)12-17(21)19-16(18)8-11-22-19;1-2-6-11-10(4-1)5-3-7-12(11)13-14-8-9-15-13;5-3(6)1-2-4(7)8;/h2-5,8,11H,6-7,9-10,12H2,1H3;1-2,4,6,12H,3,5,7-9H2,(H,14,15);1-2H,(H,5,6)(H,7,8);1H/b;;2-1+;. The molecular formula is C36H40ClN3O5S. The van der Waals surface area contributed by atoms with Gasteiger partial charge in [0.15, 0.2) is 5.78 Å². The summed E-state index contributed by atoms with van der Waals surface area (Å²) >= 11 is 1.59. The molecule has 0 saturated carbocycles. The molecule has 3 heterocycles. The summed E-state index contributed by atoms with van der Waals surface area (Å²) in [5, 5.41) is 21.1. The molecule has 1 fully saturated rings. The second-order valence-electron chi connectivity index (χ2n) is 11.5. The Morgan fingerprint density at radius 3 is 2.28 bits per heavy atom. The lowest BCUT2D eigenvalue weighted by molar-refractivity contribution is -0.134. The molecule has 0 spiro atoms. The molecule has 0 amide bonds. The first kappa shape index (κ1) is 34.8. The maximum atomic E-state index is 12.6. The largest absolute Gasteiger partial charge is 0.478 e.